The first-order valence-corrected chi connectivity index (χ1v) is 10.4. The molecule has 2 aromatic rings. The van der Waals surface area contributed by atoms with Gasteiger partial charge in [0.25, 0.3) is 0 Å². The van der Waals surface area contributed by atoms with Crippen molar-refractivity contribution in [3.8, 4) is 11.3 Å². The highest BCUT2D eigenvalue weighted by molar-refractivity contribution is 5.86. The molecule has 0 radical (unpaired) electrons. The van der Waals surface area contributed by atoms with Crippen LogP contribution in [-0.2, 0) is 22.1 Å². The molecule has 0 amide bonds. The smallest absolute Gasteiger partial charge is 0.416 e. The average Bonchev–Trinajstić information content (AvgIpc) is 2.73. The second kappa shape index (κ2) is 14.0. The maximum atomic E-state index is 13.1. The Labute approximate surface area is 215 Å². The molecule has 1 aliphatic carbocycles. The van der Waals surface area contributed by atoms with Gasteiger partial charge in [-0.3, -0.25) is 4.79 Å². The molecule has 0 saturated carbocycles. The minimum absolute atomic E-state index is 0. The molecule has 0 bridgehead atoms. The number of nitrogens with two attached hydrogens (primary N) is 2. The summed E-state index contributed by atoms with van der Waals surface area (Å²) < 4.78 is 44.9. The standard InChI is InChI=1S/C22H27F3N4O2.3ClH/c1-13-9-19-16(20(10-13)31-21(30)17(27)7-2-3-8-26)12-18(28-29-19)14-5-4-6-15(11-14)22(23,24)25;;;/h4-6,11-13,17,20H,2-3,7-10,26-27H2,1H3;3*1H/t13?,17-,20?;;;/m0.../s1. The van der Waals surface area contributed by atoms with Gasteiger partial charge in [0.15, 0.2) is 0 Å². The number of rotatable bonds is 7. The van der Waals surface area contributed by atoms with E-state index in [1.54, 1.807) is 12.1 Å². The number of hydrogen-bond acceptors (Lipinski definition) is 6. The lowest BCUT2D eigenvalue weighted by Crippen LogP contribution is -2.34. The number of fused-ring (bicyclic) bond motifs is 1. The van der Waals surface area contributed by atoms with Crippen molar-refractivity contribution in [2.75, 3.05) is 6.54 Å². The third-order valence-corrected chi connectivity index (χ3v) is 5.43. The van der Waals surface area contributed by atoms with E-state index in [1.807, 2.05) is 6.92 Å². The van der Waals surface area contributed by atoms with Crippen molar-refractivity contribution in [2.45, 2.75) is 57.3 Å². The van der Waals surface area contributed by atoms with Gasteiger partial charge in [0, 0.05) is 11.1 Å². The molecule has 0 fully saturated rings. The van der Waals surface area contributed by atoms with E-state index in [9.17, 15) is 18.0 Å². The molecule has 2 unspecified atom stereocenters. The zero-order valence-electron chi connectivity index (χ0n) is 18.6. The predicted molar refractivity (Wildman–Crippen MR) is 131 cm³/mol. The van der Waals surface area contributed by atoms with Gasteiger partial charge < -0.3 is 16.2 Å². The fourth-order valence-electron chi connectivity index (χ4n) is 3.74. The number of ether oxygens (including phenoxy) is 1. The molecular formula is C22H30Cl3F3N4O2. The van der Waals surface area contributed by atoms with Crippen LogP contribution in [-0.4, -0.2) is 28.8 Å². The number of esters is 1. The van der Waals surface area contributed by atoms with E-state index in [4.69, 9.17) is 16.2 Å². The van der Waals surface area contributed by atoms with Crippen LogP contribution < -0.4 is 11.5 Å². The monoisotopic (exact) mass is 544 g/mol. The highest BCUT2D eigenvalue weighted by Gasteiger charge is 2.32. The van der Waals surface area contributed by atoms with Crippen LogP contribution in [0, 0.1) is 5.92 Å². The number of nitrogens with zero attached hydrogens (tertiary/aromatic N) is 2. The number of carbonyl (C=O) groups excluding carboxylic acids is 1. The Bertz CT molecular complexity index is 935. The first kappa shape index (κ1) is 32.4. The number of aromatic nitrogens is 2. The molecule has 192 valence electrons. The number of alkyl halides is 3. The molecule has 1 aliphatic rings. The summed E-state index contributed by atoms with van der Waals surface area (Å²) in [5.74, 6) is -0.285. The van der Waals surface area contributed by atoms with Gasteiger partial charge in [0.1, 0.15) is 12.1 Å². The van der Waals surface area contributed by atoms with Gasteiger partial charge in [0.2, 0.25) is 0 Å². The maximum absolute atomic E-state index is 13.1. The molecule has 12 heteroatoms. The molecule has 6 nitrogen and oxygen atoms in total. The van der Waals surface area contributed by atoms with E-state index in [0.717, 1.165) is 25.0 Å². The van der Waals surface area contributed by atoms with Gasteiger partial charge in [-0.05, 0) is 56.3 Å². The molecule has 3 atom stereocenters. The first-order valence-electron chi connectivity index (χ1n) is 10.4. The second-order valence-electron chi connectivity index (χ2n) is 8.07. The topological polar surface area (TPSA) is 104 Å². The number of unbranched alkanes of at least 4 members (excludes halogenated alkanes) is 1. The van der Waals surface area contributed by atoms with Gasteiger partial charge in [-0.15, -0.1) is 37.2 Å². The molecule has 34 heavy (non-hydrogen) atoms. The Kier molecular flexibility index (Phi) is 13.4. The van der Waals surface area contributed by atoms with Gasteiger partial charge >= 0.3 is 12.1 Å². The highest BCUT2D eigenvalue weighted by atomic mass is 35.5. The number of halogens is 6. The van der Waals surface area contributed by atoms with E-state index >= 15 is 0 Å². The second-order valence-corrected chi connectivity index (χ2v) is 8.07. The van der Waals surface area contributed by atoms with Crippen LogP contribution in [0.25, 0.3) is 11.3 Å². The normalized spacial score (nSPS) is 17.8. The molecule has 0 saturated heterocycles. The van der Waals surface area contributed by atoms with Crippen molar-refractivity contribution < 1.29 is 22.7 Å². The van der Waals surface area contributed by atoms with Gasteiger partial charge in [0.05, 0.1) is 17.0 Å². The maximum Gasteiger partial charge on any atom is 0.416 e. The van der Waals surface area contributed by atoms with Gasteiger partial charge in [-0.25, -0.2) is 0 Å². The third-order valence-electron chi connectivity index (χ3n) is 5.43. The van der Waals surface area contributed by atoms with Crippen LogP contribution in [0.3, 0.4) is 0 Å². The lowest BCUT2D eigenvalue weighted by molar-refractivity contribution is -0.152. The highest BCUT2D eigenvalue weighted by Crippen LogP contribution is 2.37. The third kappa shape index (κ3) is 8.23. The average molecular weight is 546 g/mol. The summed E-state index contributed by atoms with van der Waals surface area (Å²) in [6.45, 7) is 2.56. The van der Waals surface area contributed by atoms with Crippen molar-refractivity contribution in [3.63, 3.8) is 0 Å². The summed E-state index contributed by atoms with van der Waals surface area (Å²) in [6, 6.07) is 5.85. The van der Waals surface area contributed by atoms with Crippen LogP contribution in [0.5, 0.6) is 0 Å². The molecule has 4 N–H and O–H groups in total. The molecule has 0 aliphatic heterocycles. The van der Waals surface area contributed by atoms with Crippen molar-refractivity contribution in [1.82, 2.24) is 10.2 Å². The summed E-state index contributed by atoms with van der Waals surface area (Å²) in [5.41, 5.74) is 12.6. The van der Waals surface area contributed by atoms with Crippen molar-refractivity contribution in [1.29, 1.82) is 0 Å². The molecule has 1 aromatic heterocycles. The van der Waals surface area contributed by atoms with Gasteiger partial charge in [-0.1, -0.05) is 25.5 Å². The fraction of sp³-hybridized carbons (Fsp3) is 0.500. The molecule has 3 rings (SSSR count). The Balaban J connectivity index is 0.00000363. The number of carbonyl (C=O) groups is 1. The van der Waals surface area contributed by atoms with Crippen LogP contribution >= 0.6 is 37.2 Å². The Hall–Kier alpha value is -1.65. The lowest BCUT2D eigenvalue weighted by atomic mass is 9.85. The van der Waals surface area contributed by atoms with Crippen molar-refractivity contribution in [3.05, 3.63) is 47.2 Å². The summed E-state index contributed by atoms with van der Waals surface area (Å²) >= 11 is 0. The van der Waals surface area contributed by atoms with E-state index in [-0.39, 0.29) is 43.1 Å². The zero-order chi connectivity index (χ0) is 22.6. The van der Waals surface area contributed by atoms with Gasteiger partial charge in [-0.2, -0.15) is 23.4 Å². The summed E-state index contributed by atoms with van der Waals surface area (Å²) in [5, 5.41) is 8.36. The molecule has 1 aromatic carbocycles. The SMILES string of the molecule is CC1Cc2nnc(-c3cccc(C(F)(F)F)c3)cc2C(OC(=O)[C@@H](N)CCCCN)C1.Cl.Cl.Cl. The molecule has 0 spiro atoms. The van der Waals surface area contributed by atoms with Crippen LogP contribution in [0.1, 0.15) is 55.5 Å². The van der Waals surface area contributed by atoms with Crippen molar-refractivity contribution in [2.24, 2.45) is 17.4 Å². The van der Waals surface area contributed by atoms with Crippen molar-refractivity contribution >= 4 is 43.2 Å². The number of benzene rings is 1. The summed E-state index contributed by atoms with van der Waals surface area (Å²) in [6.07, 6.45) is -1.79. The fourth-order valence-corrected chi connectivity index (χ4v) is 3.74. The molecule has 1 heterocycles. The Morgan fingerprint density at radius 3 is 2.53 bits per heavy atom. The zero-order valence-corrected chi connectivity index (χ0v) is 21.0. The Morgan fingerprint density at radius 1 is 1.18 bits per heavy atom. The van der Waals surface area contributed by atoms with E-state index < -0.39 is 29.9 Å². The predicted octanol–water partition coefficient (Wildman–Crippen LogP) is 5.05. The largest absolute Gasteiger partial charge is 0.456 e. The number of hydrogen-bond donors (Lipinski definition) is 2. The summed E-state index contributed by atoms with van der Waals surface area (Å²) in [7, 11) is 0. The quantitative estimate of drug-likeness (QED) is 0.373. The summed E-state index contributed by atoms with van der Waals surface area (Å²) in [4.78, 5) is 12.5. The van der Waals surface area contributed by atoms with Crippen LogP contribution in [0.4, 0.5) is 13.2 Å². The van der Waals surface area contributed by atoms with Crippen LogP contribution in [0.2, 0.25) is 0 Å². The Morgan fingerprint density at radius 2 is 1.88 bits per heavy atom. The lowest BCUT2D eigenvalue weighted by Gasteiger charge is -2.29. The van der Waals surface area contributed by atoms with E-state index in [1.165, 1.54) is 6.07 Å². The first-order chi connectivity index (χ1) is 14.7. The molecular weight excluding hydrogens is 516 g/mol. The minimum atomic E-state index is -4.45. The van der Waals surface area contributed by atoms with E-state index in [2.05, 4.69) is 10.2 Å². The van der Waals surface area contributed by atoms with E-state index in [0.29, 0.717) is 48.3 Å². The minimum Gasteiger partial charge on any atom is -0.456 e. The van der Waals surface area contributed by atoms with Crippen LogP contribution in [0.15, 0.2) is 30.3 Å².